The first-order chi connectivity index (χ1) is 8.18. The summed E-state index contributed by atoms with van der Waals surface area (Å²) in [5, 5.41) is 0. The first kappa shape index (κ1) is 34.0. The van der Waals surface area contributed by atoms with Crippen molar-refractivity contribution in [1.82, 2.24) is 0 Å². The Morgan fingerprint density at radius 1 is 0.667 bits per heavy atom. The predicted octanol–water partition coefficient (Wildman–Crippen LogP) is -4.45. The molecule has 0 spiro atoms. The standard InChI is InChI=1S/C12H27O4P.3ClH.Fe/c1-4-7-10-14-17(13,15-11-8-5-2)16-12-9-6-3;;;;/h4-12H2,1-3H3;3*1H;/q;;;;+3/p-3. The average molecular weight is 429 g/mol. The molecule has 133 valence electrons. The molecule has 4 nitrogen and oxygen atoms in total. The molecule has 0 aliphatic heterocycles. The van der Waals surface area contributed by atoms with Crippen molar-refractivity contribution < 1.29 is 72.4 Å². The third-order valence-corrected chi connectivity index (χ3v) is 3.74. The van der Waals surface area contributed by atoms with Gasteiger partial charge in [-0.1, -0.05) is 40.0 Å². The molecule has 0 rings (SSSR count). The van der Waals surface area contributed by atoms with E-state index in [1.165, 1.54) is 0 Å². The molecule has 0 fully saturated rings. The van der Waals surface area contributed by atoms with Gasteiger partial charge in [0.2, 0.25) is 0 Å². The zero-order chi connectivity index (χ0) is 13.0. The molecule has 0 amide bonds. The SMILES string of the molecule is CCCCOP(=O)(OCCCC)OCCCC.[Cl-].[Cl-].[Cl-].[Fe+3]. The van der Waals surface area contributed by atoms with Gasteiger partial charge < -0.3 is 37.2 Å². The molecule has 0 unspecified atom stereocenters. The third kappa shape index (κ3) is 21.5. The molecule has 21 heavy (non-hydrogen) atoms. The molecule has 0 N–H and O–H groups in total. The van der Waals surface area contributed by atoms with Crippen LogP contribution in [-0.4, -0.2) is 19.8 Å². The first-order valence-electron chi connectivity index (χ1n) is 6.72. The van der Waals surface area contributed by atoms with E-state index in [-0.39, 0.29) is 54.3 Å². The van der Waals surface area contributed by atoms with Gasteiger partial charge in [0.1, 0.15) is 0 Å². The van der Waals surface area contributed by atoms with Crippen molar-refractivity contribution in [2.24, 2.45) is 0 Å². The zero-order valence-electron chi connectivity index (χ0n) is 12.9. The van der Waals surface area contributed by atoms with Gasteiger partial charge in [-0.2, -0.15) is 0 Å². The third-order valence-electron chi connectivity index (χ3n) is 2.24. The number of phosphoric acid groups is 1. The van der Waals surface area contributed by atoms with Gasteiger partial charge in [-0.25, -0.2) is 4.57 Å². The van der Waals surface area contributed by atoms with Crippen LogP contribution in [-0.2, 0) is 35.2 Å². The van der Waals surface area contributed by atoms with Crippen LogP contribution in [0.15, 0.2) is 0 Å². The van der Waals surface area contributed by atoms with E-state index >= 15 is 0 Å². The van der Waals surface area contributed by atoms with Crippen molar-refractivity contribution in [3.8, 4) is 0 Å². The van der Waals surface area contributed by atoms with Gasteiger partial charge in [-0.05, 0) is 19.3 Å². The Morgan fingerprint density at radius 2 is 0.905 bits per heavy atom. The van der Waals surface area contributed by atoms with Gasteiger partial charge in [-0.3, -0.25) is 13.6 Å². The van der Waals surface area contributed by atoms with Crippen LogP contribution in [0.25, 0.3) is 0 Å². The summed E-state index contributed by atoms with van der Waals surface area (Å²) < 4.78 is 28.0. The van der Waals surface area contributed by atoms with Gasteiger partial charge >= 0.3 is 24.9 Å². The smallest absolute Gasteiger partial charge is 1.00 e. The second-order valence-corrected chi connectivity index (χ2v) is 5.68. The quantitative estimate of drug-likeness (QED) is 0.179. The normalized spacial score (nSPS) is 9.67. The van der Waals surface area contributed by atoms with E-state index in [0.29, 0.717) is 19.8 Å². The number of halogens is 3. The van der Waals surface area contributed by atoms with Gasteiger partial charge in [0.25, 0.3) is 0 Å². The van der Waals surface area contributed by atoms with Crippen LogP contribution < -0.4 is 37.2 Å². The molecule has 0 bridgehead atoms. The van der Waals surface area contributed by atoms with Crippen LogP contribution >= 0.6 is 7.82 Å². The summed E-state index contributed by atoms with van der Waals surface area (Å²) in [6.45, 7) is 7.49. The zero-order valence-corrected chi connectivity index (χ0v) is 17.2. The molecule has 9 heteroatoms. The first-order valence-corrected chi connectivity index (χ1v) is 8.18. The van der Waals surface area contributed by atoms with Gasteiger partial charge in [0.05, 0.1) is 19.8 Å². The number of hydrogen-bond acceptors (Lipinski definition) is 4. The van der Waals surface area contributed by atoms with E-state index < -0.39 is 7.82 Å². The van der Waals surface area contributed by atoms with Crippen LogP contribution in [0, 0.1) is 0 Å². The molecule has 0 aromatic heterocycles. The number of phosphoric ester groups is 1. The van der Waals surface area contributed by atoms with E-state index in [2.05, 4.69) is 20.8 Å². The fourth-order valence-electron chi connectivity index (χ4n) is 1.07. The van der Waals surface area contributed by atoms with Crippen LogP contribution in [0.5, 0.6) is 0 Å². The van der Waals surface area contributed by atoms with E-state index in [9.17, 15) is 4.57 Å². The minimum Gasteiger partial charge on any atom is -1.00 e. The number of unbranched alkanes of at least 4 members (excludes halogenated alkanes) is 3. The Labute approximate surface area is 159 Å². The molecular weight excluding hydrogens is 401 g/mol. The van der Waals surface area contributed by atoms with Crippen LogP contribution in [0.2, 0.25) is 0 Å². The Kier molecular flexibility index (Phi) is 38.4. The second-order valence-electron chi connectivity index (χ2n) is 4.01. The monoisotopic (exact) mass is 427 g/mol. The number of hydrogen-bond donors (Lipinski definition) is 0. The molecule has 0 atom stereocenters. The van der Waals surface area contributed by atoms with Crippen LogP contribution in [0.4, 0.5) is 0 Å². The second kappa shape index (κ2) is 23.8. The summed E-state index contributed by atoms with van der Waals surface area (Å²) in [5.41, 5.74) is 0. The summed E-state index contributed by atoms with van der Waals surface area (Å²) in [7, 11) is -3.31. The van der Waals surface area contributed by atoms with Crippen molar-refractivity contribution >= 4 is 7.82 Å². The Balaban J connectivity index is -0.000000213. The molecule has 0 aromatic carbocycles. The van der Waals surface area contributed by atoms with Crippen molar-refractivity contribution in [1.29, 1.82) is 0 Å². The summed E-state index contributed by atoms with van der Waals surface area (Å²) in [4.78, 5) is 0. The fraction of sp³-hybridized carbons (Fsp3) is 1.00. The average Bonchev–Trinajstić information content (AvgIpc) is 2.30. The van der Waals surface area contributed by atoms with Crippen molar-refractivity contribution in [2.45, 2.75) is 59.3 Å². The maximum Gasteiger partial charge on any atom is 3.00 e. The number of rotatable bonds is 12. The van der Waals surface area contributed by atoms with E-state index in [0.717, 1.165) is 38.5 Å². The van der Waals surface area contributed by atoms with Gasteiger partial charge in [0, 0.05) is 0 Å². The van der Waals surface area contributed by atoms with Crippen LogP contribution in [0.1, 0.15) is 59.3 Å². The van der Waals surface area contributed by atoms with E-state index in [1.807, 2.05) is 0 Å². The van der Waals surface area contributed by atoms with Crippen molar-refractivity contribution in [3.05, 3.63) is 0 Å². The predicted molar refractivity (Wildman–Crippen MR) is 70.2 cm³/mol. The summed E-state index contributed by atoms with van der Waals surface area (Å²) in [5.74, 6) is 0. The largest absolute Gasteiger partial charge is 3.00 e. The fourth-order valence-corrected chi connectivity index (χ4v) is 2.36. The molecule has 0 aromatic rings. The molecule has 0 saturated heterocycles. The molecule has 1 radical (unpaired) electrons. The summed E-state index contributed by atoms with van der Waals surface area (Å²) in [6, 6.07) is 0. The molecule has 0 heterocycles. The van der Waals surface area contributed by atoms with Gasteiger partial charge in [0.15, 0.2) is 0 Å². The molecule has 0 aliphatic rings. The van der Waals surface area contributed by atoms with E-state index in [1.54, 1.807) is 0 Å². The minimum atomic E-state index is -3.31. The van der Waals surface area contributed by atoms with Gasteiger partial charge in [-0.15, -0.1) is 0 Å². The Bertz CT molecular complexity index is 193. The summed E-state index contributed by atoms with van der Waals surface area (Å²) >= 11 is 0. The van der Waals surface area contributed by atoms with Crippen LogP contribution in [0.3, 0.4) is 0 Å². The maximum absolute atomic E-state index is 12.2. The maximum atomic E-state index is 12.2. The van der Waals surface area contributed by atoms with E-state index in [4.69, 9.17) is 13.6 Å². The Hall–Kier alpha value is 1.50. The Morgan fingerprint density at radius 3 is 1.10 bits per heavy atom. The van der Waals surface area contributed by atoms with Crippen molar-refractivity contribution in [2.75, 3.05) is 19.8 Å². The molecule has 0 saturated carbocycles. The topological polar surface area (TPSA) is 44.8 Å². The van der Waals surface area contributed by atoms with Crippen molar-refractivity contribution in [3.63, 3.8) is 0 Å². The molecule has 0 aliphatic carbocycles. The summed E-state index contributed by atoms with van der Waals surface area (Å²) in [6.07, 6.45) is 5.63. The molecular formula is C12H27Cl3FeO4P. The minimum absolute atomic E-state index is 0.